The van der Waals surface area contributed by atoms with Gasteiger partial charge in [-0.2, -0.15) is 13.2 Å². The minimum atomic E-state index is -5.08. The summed E-state index contributed by atoms with van der Waals surface area (Å²) in [6.07, 6.45) is 2.08. The third kappa shape index (κ3) is 7.49. The van der Waals surface area contributed by atoms with Gasteiger partial charge in [-0.3, -0.25) is 19.7 Å². The number of carbonyl (C=O) groups excluding carboxylic acids is 1. The normalized spacial score (nSPS) is 11.0. The molecule has 3 heterocycles. The number of carboxylic acids is 1. The number of hydrogen-bond acceptors (Lipinski definition) is 7. The van der Waals surface area contributed by atoms with E-state index in [1.54, 1.807) is 24.8 Å². The maximum absolute atomic E-state index is 13.1. The fraction of sp³-hybridized carbons (Fsp3) is 0.133. The molecule has 0 aliphatic rings. The number of carboxylic acid groups (broad SMARTS) is 1. The quantitative estimate of drug-likeness (QED) is 0.251. The SMILES string of the molecule is NCc1ccc(-c2nc3ccnc(C(=O)NCCc4cnccn4)c3cc2-c2ccccc2)cc1.O=C(O)C(F)(F)F. The summed E-state index contributed by atoms with van der Waals surface area (Å²) in [5, 5.41) is 10.8. The van der Waals surface area contributed by atoms with E-state index in [0.717, 1.165) is 33.6 Å². The van der Waals surface area contributed by atoms with Crippen LogP contribution < -0.4 is 11.1 Å². The summed E-state index contributed by atoms with van der Waals surface area (Å²) >= 11 is 0. The third-order valence-corrected chi connectivity index (χ3v) is 6.03. The molecule has 0 bridgehead atoms. The van der Waals surface area contributed by atoms with E-state index in [-0.39, 0.29) is 5.91 Å². The molecule has 0 spiro atoms. The Morgan fingerprint density at radius 1 is 0.905 bits per heavy atom. The fourth-order valence-corrected chi connectivity index (χ4v) is 3.98. The lowest BCUT2D eigenvalue weighted by Gasteiger charge is -2.14. The number of rotatable bonds is 7. The number of pyridine rings is 2. The number of nitrogens with one attached hydrogen (secondary N) is 1. The highest BCUT2D eigenvalue weighted by Crippen LogP contribution is 2.34. The van der Waals surface area contributed by atoms with Crippen LogP contribution in [0.15, 0.2) is 91.5 Å². The Labute approximate surface area is 238 Å². The molecule has 9 nitrogen and oxygen atoms in total. The standard InChI is InChI=1S/C28H24N6O.C2HF3O2/c29-17-19-6-8-21(9-7-19)26-23(20-4-2-1-3-5-20)16-24-25(34-26)11-13-32-27(24)28(35)33-12-10-22-18-30-14-15-31-22;3-2(4,5)1(6)7/h1-9,11,13-16,18H,10,12,17,29H2,(H,33,35);(H,6,7). The van der Waals surface area contributed by atoms with Gasteiger partial charge in [-0.15, -0.1) is 0 Å². The van der Waals surface area contributed by atoms with E-state index in [2.05, 4.69) is 20.3 Å². The summed E-state index contributed by atoms with van der Waals surface area (Å²) in [4.78, 5) is 39.7. The van der Waals surface area contributed by atoms with Gasteiger partial charge in [-0.25, -0.2) is 9.78 Å². The molecule has 3 aromatic heterocycles. The molecule has 2 aromatic carbocycles. The molecule has 0 saturated heterocycles. The first-order valence-electron chi connectivity index (χ1n) is 12.6. The third-order valence-electron chi connectivity index (χ3n) is 6.03. The summed E-state index contributed by atoms with van der Waals surface area (Å²) in [5.41, 5.74) is 12.5. The van der Waals surface area contributed by atoms with E-state index in [0.29, 0.717) is 36.1 Å². The van der Waals surface area contributed by atoms with Crippen molar-refractivity contribution in [2.24, 2.45) is 5.73 Å². The van der Waals surface area contributed by atoms with Crippen molar-refractivity contribution in [2.45, 2.75) is 19.1 Å². The summed E-state index contributed by atoms with van der Waals surface area (Å²) in [6.45, 7) is 0.915. The second kappa shape index (κ2) is 13.4. The highest BCUT2D eigenvalue weighted by molar-refractivity contribution is 6.06. The van der Waals surface area contributed by atoms with Gasteiger partial charge in [0.05, 0.1) is 16.9 Å². The molecular weight excluding hydrogens is 549 g/mol. The smallest absolute Gasteiger partial charge is 0.475 e. The molecule has 0 aliphatic carbocycles. The molecule has 0 unspecified atom stereocenters. The summed E-state index contributed by atoms with van der Waals surface area (Å²) in [7, 11) is 0. The van der Waals surface area contributed by atoms with Crippen molar-refractivity contribution in [3.05, 3.63) is 108 Å². The van der Waals surface area contributed by atoms with E-state index in [9.17, 15) is 18.0 Å². The average Bonchev–Trinajstić information content (AvgIpc) is 3.01. The minimum Gasteiger partial charge on any atom is -0.475 e. The molecular formula is C30H25F3N6O3. The van der Waals surface area contributed by atoms with Crippen molar-refractivity contribution in [3.8, 4) is 22.4 Å². The highest BCUT2D eigenvalue weighted by atomic mass is 19.4. The van der Waals surface area contributed by atoms with Crippen LogP contribution in [-0.2, 0) is 17.8 Å². The Morgan fingerprint density at radius 3 is 2.24 bits per heavy atom. The number of fused-ring (bicyclic) bond motifs is 1. The molecule has 12 heteroatoms. The number of carbonyl (C=O) groups is 2. The van der Waals surface area contributed by atoms with Gasteiger partial charge in [0, 0.05) is 60.8 Å². The van der Waals surface area contributed by atoms with Gasteiger partial charge in [-0.05, 0) is 23.3 Å². The van der Waals surface area contributed by atoms with Crippen molar-refractivity contribution in [2.75, 3.05) is 6.54 Å². The zero-order chi connectivity index (χ0) is 30.1. The van der Waals surface area contributed by atoms with Crippen LogP contribution in [0.5, 0.6) is 0 Å². The number of amides is 1. The maximum Gasteiger partial charge on any atom is 0.490 e. The minimum absolute atomic E-state index is 0.250. The van der Waals surface area contributed by atoms with Gasteiger partial charge in [0.15, 0.2) is 0 Å². The lowest BCUT2D eigenvalue weighted by Crippen LogP contribution is -2.27. The van der Waals surface area contributed by atoms with Crippen LogP contribution in [0.25, 0.3) is 33.3 Å². The number of nitrogens with two attached hydrogens (primary N) is 1. The molecule has 0 radical (unpaired) electrons. The van der Waals surface area contributed by atoms with Crippen molar-refractivity contribution in [3.63, 3.8) is 0 Å². The largest absolute Gasteiger partial charge is 0.490 e. The van der Waals surface area contributed by atoms with Crippen LogP contribution in [0, 0.1) is 0 Å². The van der Waals surface area contributed by atoms with E-state index in [4.69, 9.17) is 20.6 Å². The zero-order valence-electron chi connectivity index (χ0n) is 22.0. The van der Waals surface area contributed by atoms with Crippen LogP contribution in [0.1, 0.15) is 21.7 Å². The van der Waals surface area contributed by atoms with Gasteiger partial charge in [0.1, 0.15) is 5.69 Å². The Bertz CT molecular complexity index is 1670. The monoisotopic (exact) mass is 574 g/mol. The number of nitrogens with zero attached hydrogens (tertiary/aromatic N) is 4. The Morgan fingerprint density at radius 2 is 1.62 bits per heavy atom. The van der Waals surface area contributed by atoms with Gasteiger partial charge in [-0.1, -0.05) is 54.6 Å². The van der Waals surface area contributed by atoms with Crippen molar-refractivity contribution in [1.29, 1.82) is 0 Å². The molecule has 214 valence electrons. The second-order valence-electron chi connectivity index (χ2n) is 8.88. The Hall–Kier alpha value is -5.23. The summed E-state index contributed by atoms with van der Waals surface area (Å²) in [5.74, 6) is -3.01. The summed E-state index contributed by atoms with van der Waals surface area (Å²) < 4.78 is 31.7. The van der Waals surface area contributed by atoms with E-state index in [1.807, 2.05) is 66.7 Å². The molecule has 0 fully saturated rings. The lowest BCUT2D eigenvalue weighted by atomic mass is 9.96. The number of aromatic nitrogens is 4. The van der Waals surface area contributed by atoms with Crippen LogP contribution >= 0.6 is 0 Å². The molecule has 42 heavy (non-hydrogen) atoms. The number of alkyl halides is 3. The van der Waals surface area contributed by atoms with Crippen LogP contribution in [0.2, 0.25) is 0 Å². The van der Waals surface area contributed by atoms with Gasteiger partial charge < -0.3 is 16.2 Å². The van der Waals surface area contributed by atoms with Crippen molar-refractivity contribution >= 4 is 22.8 Å². The molecule has 5 aromatic rings. The average molecular weight is 575 g/mol. The van der Waals surface area contributed by atoms with Crippen molar-refractivity contribution < 1.29 is 27.9 Å². The Balaban J connectivity index is 0.000000517. The first kappa shape index (κ1) is 29.7. The predicted octanol–water partition coefficient (Wildman–Crippen LogP) is 4.82. The van der Waals surface area contributed by atoms with Gasteiger partial charge in [0.2, 0.25) is 0 Å². The molecule has 0 aliphatic heterocycles. The fourth-order valence-electron chi connectivity index (χ4n) is 3.98. The van der Waals surface area contributed by atoms with E-state index < -0.39 is 12.1 Å². The van der Waals surface area contributed by atoms with Crippen LogP contribution in [0.4, 0.5) is 13.2 Å². The maximum atomic E-state index is 13.1. The molecule has 0 atom stereocenters. The summed E-state index contributed by atoms with van der Waals surface area (Å²) in [6, 6.07) is 22.0. The van der Waals surface area contributed by atoms with E-state index in [1.165, 1.54) is 0 Å². The first-order chi connectivity index (χ1) is 20.2. The lowest BCUT2D eigenvalue weighted by molar-refractivity contribution is -0.192. The number of hydrogen-bond donors (Lipinski definition) is 3. The highest BCUT2D eigenvalue weighted by Gasteiger charge is 2.38. The molecule has 5 rings (SSSR count). The second-order valence-corrected chi connectivity index (χ2v) is 8.88. The van der Waals surface area contributed by atoms with Crippen molar-refractivity contribution in [1.82, 2.24) is 25.3 Å². The number of aliphatic carboxylic acids is 1. The molecule has 4 N–H and O–H groups in total. The topological polar surface area (TPSA) is 144 Å². The Kier molecular flexibility index (Phi) is 9.50. The van der Waals surface area contributed by atoms with Crippen LogP contribution in [-0.4, -0.2) is 49.6 Å². The first-order valence-corrected chi connectivity index (χ1v) is 12.6. The molecule has 1 amide bonds. The zero-order valence-corrected chi connectivity index (χ0v) is 22.0. The number of halogens is 3. The van der Waals surface area contributed by atoms with Crippen LogP contribution in [0.3, 0.4) is 0 Å². The van der Waals surface area contributed by atoms with Gasteiger partial charge in [0.25, 0.3) is 5.91 Å². The van der Waals surface area contributed by atoms with E-state index >= 15 is 0 Å². The molecule has 0 saturated carbocycles. The van der Waals surface area contributed by atoms with Gasteiger partial charge >= 0.3 is 12.1 Å². The predicted molar refractivity (Wildman–Crippen MR) is 150 cm³/mol. The number of benzene rings is 2.